The molecule has 2 N–H and O–H groups in total. The summed E-state index contributed by atoms with van der Waals surface area (Å²) in [6.45, 7) is 1.49. The van der Waals surface area contributed by atoms with E-state index in [4.69, 9.17) is 10.5 Å². The first kappa shape index (κ1) is 15.3. The molecule has 0 radical (unpaired) electrons. The van der Waals surface area contributed by atoms with Crippen LogP contribution >= 0.6 is 0 Å². The molecular formula is C11H14F2N2O4. The van der Waals surface area contributed by atoms with Crippen molar-refractivity contribution in [3.8, 4) is 5.75 Å². The molecule has 0 aromatic heterocycles. The van der Waals surface area contributed by atoms with E-state index in [0.29, 0.717) is 0 Å². The van der Waals surface area contributed by atoms with E-state index in [1.54, 1.807) is 6.92 Å². The summed E-state index contributed by atoms with van der Waals surface area (Å²) < 4.78 is 36.7. The summed E-state index contributed by atoms with van der Waals surface area (Å²) in [5, 5.41) is 10.8. The lowest BCUT2D eigenvalue weighted by molar-refractivity contribution is -0.386. The molecule has 0 aliphatic rings. The normalized spacial score (nSPS) is 12.3. The summed E-state index contributed by atoms with van der Waals surface area (Å²) in [5.74, 6) is -3.37. The number of nitro groups is 1. The second kappa shape index (κ2) is 6.39. The van der Waals surface area contributed by atoms with Gasteiger partial charge in [0.1, 0.15) is 0 Å². The molecular weight excluding hydrogens is 262 g/mol. The zero-order valence-corrected chi connectivity index (χ0v) is 10.5. The number of nitro benzene ring substituents is 1. The van der Waals surface area contributed by atoms with Crippen LogP contribution in [0.5, 0.6) is 5.75 Å². The van der Waals surface area contributed by atoms with Gasteiger partial charge in [0.15, 0.2) is 5.82 Å². The molecule has 6 nitrogen and oxygen atoms in total. The van der Waals surface area contributed by atoms with Gasteiger partial charge in [-0.05, 0) is 6.92 Å². The van der Waals surface area contributed by atoms with Gasteiger partial charge in [-0.15, -0.1) is 0 Å². The van der Waals surface area contributed by atoms with Gasteiger partial charge in [0.05, 0.1) is 25.2 Å². The van der Waals surface area contributed by atoms with Crippen LogP contribution in [-0.2, 0) is 11.3 Å². The first-order valence-corrected chi connectivity index (χ1v) is 5.41. The first-order valence-electron chi connectivity index (χ1n) is 5.41. The highest BCUT2D eigenvalue weighted by atomic mass is 19.2. The van der Waals surface area contributed by atoms with E-state index in [1.807, 2.05) is 0 Å². The van der Waals surface area contributed by atoms with E-state index in [1.165, 1.54) is 0 Å². The third-order valence-corrected chi connectivity index (χ3v) is 2.26. The van der Waals surface area contributed by atoms with E-state index >= 15 is 0 Å². The third kappa shape index (κ3) is 3.58. The second-order valence-corrected chi connectivity index (χ2v) is 3.97. The van der Waals surface area contributed by atoms with Crippen LogP contribution in [0.25, 0.3) is 0 Å². The lowest BCUT2D eigenvalue weighted by atomic mass is 10.1. The molecule has 1 rings (SSSR count). The smallest absolute Gasteiger partial charge is 0.314 e. The Morgan fingerprint density at radius 2 is 2.11 bits per heavy atom. The molecule has 0 fully saturated rings. The molecule has 106 valence electrons. The van der Waals surface area contributed by atoms with Gasteiger partial charge in [-0.2, -0.15) is 4.39 Å². The Hall–Kier alpha value is -1.80. The minimum atomic E-state index is -1.41. The standard InChI is InChI=1S/C11H14F2N2O4/c1-6(14)4-19-5-7-3-8(15(16)17)11(18-2)10(13)9(7)12/h3,6H,4-5,14H2,1-2H3/t6-/m1/s1. The fourth-order valence-corrected chi connectivity index (χ4v) is 1.44. The van der Waals surface area contributed by atoms with Crippen molar-refractivity contribution in [1.29, 1.82) is 0 Å². The van der Waals surface area contributed by atoms with Gasteiger partial charge in [0.2, 0.25) is 11.6 Å². The number of nitrogens with zero attached hydrogens (tertiary/aromatic N) is 1. The molecule has 1 aromatic rings. The molecule has 1 atom stereocenters. The highest BCUT2D eigenvalue weighted by Crippen LogP contribution is 2.33. The highest BCUT2D eigenvalue weighted by molar-refractivity contribution is 5.50. The topological polar surface area (TPSA) is 87.6 Å². The van der Waals surface area contributed by atoms with Gasteiger partial charge >= 0.3 is 5.69 Å². The van der Waals surface area contributed by atoms with Gasteiger partial charge in [-0.3, -0.25) is 10.1 Å². The minimum Gasteiger partial charge on any atom is -0.488 e. The average Bonchev–Trinajstić information content (AvgIpc) is 2.33. The summed E-state index contributed by atoms with van der Waals surface area (Å²) in [5.41, 5.74) is 4.52. The molecule has 0 aliphatic heterocycles. The summed E-state index contributed by atoms with van der Waals surface area (Å²) in [7, 11) is 1.02. The van der Waals surface area contributed by atoms with Crippen LogP contribution < -0.4 is 10.5 Å². The maximum atomic E-state index is 13.6. The molecule has 0 aliphatic carbocycles. The molecule has 8 heteroatoms. The SMILES string of the molecule is COc1c([N+](=O)[O-])cc(COC[C@@H](C)N)c(F)c1F. The number of nitrogens with two attached hydrogens (primary N) is 1. The quantitative estimate of drug-likeness (QED) is 0.631. The number of benzene rings is 1. The van der Waals surface area contributed by atoms with E-state index in [0.717, 1.165) is 13.2 Å². The Morgan fingerprint density at radius 3 is 2.58 bits per heavy atom. The summed E-state index contributed by atoms with van der Waals surface area (Å²) in [6, 6.07) is 0.611. The Balaban J connectivity index is 3.08. The summed E-state index contributed by atoms with van der Waals surface area (Å²) >= 11 is 0. The Bertz CT molecular complexity index is 480. The van der Waals surface area contributed by atoms with E-state index < -0.39 is 28.0 Å². The van der Waals surface area contributed by atoms with Crippen LogP contribution in [0.1, 0.15) is 12.5 Å². The summed E-state index contributed by atoms with van der Waals surface area (Å²) in [6.07, 6.45) is 0. The van der Waals surface area contributed by atoms with Gasteiger partial charge < -0.3 is 15.2 Å². The van der Waals surface area contributed by atoms with Crippen LogP contribution in [0.15, 0.2) is 6.07 Å². The van der Waals surface area contributed by atoms with Crippen LogP contribution in [0.3, 0.4) is 0 Å². The Morgan fingerprint density at radius 1 is 1.47 bits per heavy atom. The minimum absolute atomic E-state index is 0.126. The molecule has 0 heterocycles. The van der Waals surface area contributed by atoms with E-state index in [2.05, 4.69) is 4.74 Å². The highest BCUT2D eigenvalue weighted by Gasteiger charge is 2.26. The molecule has 0 spiro atoms. The molecule has 0 bridgehead atoms. The number of hydrogen-bond donors (Lipinski definition) is 1. The fraction of sp³-hybridized carbons (Fsp3) is 0.455. The molecule has 0 amide bonds. The van der Waals surface area contributed by atoms with Crippen molar-refractivity contribution >= 4 is 5.69 Å². The second-order valence-electron chi connectivity index (χ2n) is 3.97. The molecule has 0 unspecified atom stereocenters. The lowest BCUT2D eigenvalue weighted by Gasteiger charge is -2.10. The number of ether oxygens (including phenoxy) is 2. The number of methoxy groups -OCH3 is 1. The van der Waals surface area contributed by atoms with Gasteiger partial charge in [-0.25, -0.2) is 4.39 Å². The number of rotatable bonds is 6. The zero-order valence-electron chi connectivity index (χ0n) is 10.5. The Labute approximate surface area is 108 Å². The predicted molar refractivity (Wildman–Crippen MR) is 62.9 cm³/mol. The zero-order chi connectivity index (χ0) is 14.6. The van der Waals surface area contributed by atoms with Crippen LogP contribution in [-0.4, -0.2) is 24.7 Å². The van der Waals surface area contributed by atoms with Crippen molar-refractivity contribution < 1.29 is 23.2 Å². The molecule has 0 saturated heterocycles. The van der Waals surface area contributed by atoms with E-state index in [-0.39, 0.29) is 24.8 Å². The maximum absolute atomic E-state index is 13.6. The Kier molecular flexibility index (Phi) is 5.13. The van der Waals surface area contributed by atoms with Gasteiger partial charge in [0, 0.05) is 17.7 Å². The molecule has 1 aromatic carbocycles. The first-order chi connectivity index (χ1) is 8.88. The van der Waals surface area contributed by atoms with Crippen molar-refractivity contribution in [2.45, 2.75) is 19.6 Å². The van der Waals surface area contributed by atoms with Crippen molar-refractivity contribution in [3.05, 3.63) is 33.4 Å². The molecule has 19 heavy (non-hydrogen) atoms. The van der Waals surface area contributed by atoms with Crippen molar-refractivity contribution in [2.24, 2.45) is 5.73 Å². The molecule has 0 saturated carbocycles. The van der Waals surface area contributed by atoms with E-state index in [9.17, 15) is 18.9 Å². The number of hydrogen-bond acceptors (Lipinski definition) is 5. The van der Waals surface area contributed by atoms with Crippen molar-refractivity contribution in [2.75, 3.05) is 13.7 Å². The monoisotopic (exact) mass is 276 g/mol. The van der Waals surface area contributed by atoms with Gasteiger partial charge in [-0.1, -0.05) is 0 Å². The van der Waals surface area contributed by atoms with Gasteiger partial charge in [0.25, 0.3) is 0 Å². The largest absolute Gasteiger partial charge is 0.488 e. The van der Waals surface area contributed by atoms with Crippen LogP contribution in [0.4, 0.5) is 14.5 Å². The van der Waals surface area contributed by atoms with Crippen molar-refractivity contribution in [3.63, 3.8) is 0 Å². The average molecular weight is 276 g/mol. The fourth-order valence-electron chi connectivity index (χ4n) is 1.44. The lowest BCUT2D eigenvalue weighted by Crippen LogP contribution is -2.21. The van der Waals surface area contributed by atoms with Crippen molar-refractivity contribution in [1.82, 2.24) is 0 Å². The number of halogens is 2. The van der Waals surface area contributed by atoms with Crippen LogP contribution in [0.2, 0.25) is 0 Å². The maximum Gasteiger partial charge on any atom is 0.314 e. The third-order valence-electron chi connectivity index (χ3n) is 2.26. The van der Waals surface area contributed by atoms with Crippen LogP contribution in [0, 0.1) is 21.7 Å². The summed E-state index contributed by atoms with van der Waals surface area (Å²) in [4.78, 5) is 9.90. The predicted octanol–water partition coefficient (Wildman–Crippen LogP) is 1.75.